The second kappa shape index (κ2) is 7.34. The van der Waals surface area contributed by atoms with E-state index in [0.29, 0.717) is 11.7 Å². The van der Waals surface area contributed by atoms with E-state index in [1.807, 2.05) is 24.3 Å². The molecule has 0 saturated carbocycles. The van der Waals surface area contributed by atoms with Crippen LogP contribution in [0.2, 0.25) is 0 Å². The molecule has 1 atom stereocenters. The van der Waals surface area contributed by atoms with Crippen LogP contribution in [0.5, 0.6) is 11.5 Å². The van der Waals surface area contributed by atoms with Gasteiger partial charge in [-0.05, 0) is 54.2 Å². The Kier molecular flexibility index (Phi) is 5.48. The Morgan fingerprint density at radius 1 is 0.950 bits per heavy atom. The summed E-state index contributed by atoms with van der Waals surface area (Å²) in [5.74, 6) is 1.75. The molecule has 0 aliphatic rings. The van der Waals surface area contributed by atoms with Crippen LogP contribution in [0.4, 0.5) is 0 Å². The third-order valence-electron chi connectivity index (χ3n) is 3.36. The fraction of sp³-hybridized carbons (Fsp3) is 0.294. The molecule has 2 aromatic carbocycles. The summed E-state index contributed by atoms with van der Waals surface area (Å²) in [6.45, 7) is 0. The van der Waals surface area contributed by atoms with Gasteiger partial charge in [0.15, 0.2) is 0 Å². The fourth-order valence-electron chi connectivity index (χ4n) is 2.24. The normalized spacial score (nSPS) is 12.1. The van der Waals surface area contributed by atoms with E-state index in [9.17, 15) is 5.11 Å². The Bertz CT molecular complexity index is 520. The first kappa shape index (κ1) is 14.9. The van der Waals surface area contributed by atoms with Gasteiger partial charge in [0, 0.05) is 5.33 Å². The first-order chi connectivity index (χ1) is 9.71. The number of ether oxygens (including phenoxy) is 1. The van der Waals surface area contributed by atoms with E-state index in [4.69, 9.17) is 4.74 Å². The van der Waals surface area contributed by atoms with E-state index in [-0.39, 0.29) is 0 Å². The minimum atomic E-state index is 0.319. The van der Waals surface area contributed by atoms with Gasteiger partial charge in [0.25, 0.3) is 0 Å². The lowest BCUT2D eigenvalue weighted by atomic mass is 9.94. The lowest BCUT2D eigenvalue weighted by Gasteiger charge is -2.14. The van der Waals surface area contributed by atoms with Gasteiger partial charge in [-0.2, -0.15) is 0 Å². The Morgan fingerprint density at radius 2 is 1.45 bits per heavy atom. The zero-order chi connectivity index (χ0) is 14.4. The second-order valence-electron chi connectivity index (χ2n) is 4.94. The van der Waals surface area contributed by atoms with Crippen LogP contribution >= 0.6 is 15.9 Å². The maximum atomic E-state index is 9.31. The fourth-order valence-corrected chi connectivity index (χ4v) is 2.70. The standard InChI is InChI=1S/C17H19BrO2/c1-20-17-8-4-14(5-9-17)11-15(12-18)10-13-2-6-16(19)7-3-13/h2-9,15,19H,10-12H2,1H3. The van der Waals surface area contributed by atoms with Gasteiger partial charge in [0.1, 0.15) is 11.5 Å². The Morgan fingerprint density at radius 3 is 1.90 bits per heavy atom. The minimum absolute atomic E-state index is 0.319. The quantitative estimate of drug-likeness (QED) is 0.802. The Balaban J connectivity index is 1.99. The SMILES string of the molecule is COc1ccc(CC(CBr)Cc2ccc(O)cc2)cc1. The van der Waals surface area contributed by atoms with Crippen LogP contribution in [-0.2, 0) is 12.8 Å². The monoisotopic (exact) mass is 334 g/mol. The molecule has 2 aromatic rings. The lowest BCUT2D eigenvalue weighted by molar-refractivity contribution is 0.414. The van der Waals surface area contributed by atoms with Crippen LogP contribution in [0.25, 0.3) is 0 Å². The molecule has 2 nitrogen and oxygen atoms in total. The molecule has 0 spiro atoms. The highest BCUT2D eigenvalue weighted by Crippen LogP contribution is 2.20. The lowest BCUT2D eigenvalue weighted by Crippen LogP contribution is -2.09. The van der Waals surface area contributed by atoms with Crippen LogP contribution < -0.4 is 4.74 Å². The maximum absolute atomic E-state index is 9.31. The predicted octanol–water partition coefficient (Wildman–Crippen LogP) is 4.20. The highest BCUT2D eigenvalue weighted by Gasteiger charge is 2.10. The Labute approximate surface area is 128 Å². The van der Waals surface area contributed by atoms with Crippen molar-refractivity contribution < 1.29 is 9.84 Å². The molecule has 0 bridgehead atoms. The molecular weight excluding hydrogens is 316 g/mol. The third kappa shape index (κ3) is 4.27. The summed E-state index contributed by atoms with van der Waals surface area (Å²) in [5, 5.41) is 10.3. The highest BCUT2D eigenvalue weighted by molar-refractivity contribution is 9.09. The minimum Gasteiger partial charge on any atom is -0.508 e. The predicted molar refractivity (Wildman–Crippen MR) is 85.8 cm³/mol. The molecule has 3 heteroatoms. The number of halogens is 1. The molecule has 0 aromatic heterocycles. The molecular formula is C17H19BrO2. The molecule has 0 amide bonds. The molecule has 0 fully saturated rings. The zero-order valence-electron chi connectivity index (χ0n) is 11.6. The number of phenols is 1. The van der Waals surface area contributed by atoms with Gasteiger partial charge < -0.3 is 9.84 Å². The first-order valence-corrected chi connectivity index (χ1v) is 7.80. The third-order valence-corrected chi connectivity index (χ3v) is 4.28. The number of methoxy groups -OCH3 is 1. The van der Waals surface area contributed by atoms with Gasteiger partial charge in [-0.25, -0.2) is 0 Å². The van der Waals surface area contributed by atoms with Crippen molar-refractivity contribution in [3.05, 3.63) is 59.7 Å². The molecule has 106 valence electrons. The largest absolute Gasteiger partial charge is 0.508 e. The summed E-state index contributed by atoms with van der Waals surface area (Å²) in [6.07, 6.45) is 2.02. The van der Waals surface area contributed by atoms with Crippen molar-refractivity contribution in [2.24, 2.45) is 5.92 Å². The van der Waals surface area contributed by atoms with E-state index in [1.165, 1.54) is 11.1 Å². The van der Waals surface area contributed by atoms with Crippen molar-refractivity contribution in [1.29, 1.82) is 0 Å². The van der Waals surface area contributed by atoms with Crippen molar-refractivity contribution in [2.45, 2.75) is 12.8 Å². The highest BCUT2D eigenvalue weighted by atomic mass is 79.9. The molecule has 2 rings (SSSR count). The van der Waals surface area contributed by atoms with E-state index in [0.717, 1.165) is 23.9 Å². The number of alkyl halides is 1. The van der Waals surface area contributed by atoms with Gasteiger partial charge in [0.05, 0.1) is 7.11 Å². The topological polar surface area (TPSA) is 29.5 Å². The van der Waals surface area contributed by atoms with Crippen molar-refractivity contribution in [3.8, 4) is 11.5 Å². The van der Waals surface area contributed by atoms with E-state index in [2.05, 4.69) is 28.1 Å². The smallest absolute Gasteiger partial charge is 0.118 e. The number of rotatable bonds is 6. The number of benzene rings is 2. The summed E-state index contributed by atoms with van der Waals surface area (Å²) < 4.78 is 5.17. The van der Waals surface area contributed by atoms with Gasteiger partial charge in [-0.15, -0.1) is 0 Å². The molecule has 1 N–H and O–H groups in total. The zero-order valence-corrected chi connectivity index (χ0v) is 13.1. The van der Waals surface area contributed by atoms with Crippen LogP contribution in [0.3, 0.4) is 0 Å². The van der Waals surface area contributed by atoms with E-state index < -0.39 is 0 Å². The summed E-state index contributed by atoms with van der Waals surface area (Å²) in [4.78, 5) is 0. The summed E-state index contributed by atoms with van der Waals surface area (Å²) in [7, 11) is 1.68. The Hall–Kier alpha value is -1.48. The van der Waals surface area contributed by atoms with Crippen LogP contribution in [-0.4, -0.2) is 17.5 Å². The van der Waals surface area contributed by atoms with Crippen molar-refractivity contribution in [3.63, 3.8) is 0 Å². The first-order valence-electron chi connectivity index (χ1n) is 6.68. The van der Waals surface area contributed by atoms with Crippen LogP contribution in [0.15, 0.2) is 48.5 Å². The van der Waals surface area contributed by atoms with E-state index >= 15 is 0 Å². The van der Waals surface area contributed by atoms with E-state index in [1.54, 1.807) is 19.2 Å². The summed E-state index contributed by atoms with van der Waals surface area (Å²) >= 11 is 3.60. The average Bonchev–Trinajstić information content (AvgIpc) is 2.49. The maximum Gasteiger partial charge on any atom is 0.118 e. The second-order valence-corrected chi connectivity index (χ2v) is 5.59. The molecule has 0 aliphatic carbocycles. The van der Waals surface area contributed by atoms with Crippen molar-refractivity contribution in [2.75, 3.05) is 12.4 Å². The van der Waals surface area contributed by atoms with Gasteiger partial charge in [0.2, 0.25) is 0 Å². The number of hydrogen-bond acceptors (Lipinski definition) is 2. The number of aromatic hydroxyl groups is 1. The summed E-state index contributed by atoms with van der Waals surface area (Å²) in [6, 6.07) is 15.7. The van der Waals surface area contributed by atoms with Crippen molar-refractivity contribution in [1.82, 2.24) is 0 Å². The van der Waals surface area contributed by atoms with Crippen LogP contribution in [0, 0.1) is 5.92 Å². The summed E-state index contributed by atoms with van der Waals surface area (Å²) in [5.41, 5.74) is 2.56. The van der Waals surface area contributed by atoms with Crippen molar-refractivity contribution >= 4 is 15.9 Å². The number of phenolic OH excluding ortho intramolecular Hbond substituents is 1. The molecule has 0 heterocycles. The molecule has 0 radical (unpaired) electrons. The van der Waals surface area contributed by atoms with Crippen LogP contribution in [0.1, 0.15) is 11.1 Å². The van der Waals surface area contributed by atoms with Gasteiger partial charge in [-0.3, -0.25) is 0 Å². The van der Waals surface area contributed by atoms with Gasteiger partial charge in [-0.1, -0.05) is 40.2 Å². The molecule has 20 heavy (non-hydrogen) atoms. The van der Waals surface area contributed by atoms with Gasteiger partial charge >= 0.3 is 0 Å². The molecule has 0 aliphatic heterocycles. The average molecular weight is 335 g/mol. The molecule has 0 saturated heterocycles. The number of hydrogen-bond donors (Lipinski definition) is 1. The molecule has 1 unspecified atom stereocenters.